The van der Waals surface area contributed by atoms with E-state index in [0.29, 0.717) is 5.92 Å². The van der Waals surface area contributed by atoms with Crippen molar-refractivity contribution in [1.82, 2.24) is 9.97 Å². The van der Waals surface area contributed by atoms with E-state index in [4.69, 9.17) is 0 Å². The molecule has 20 heavy (non-hydrogen) atoms. The number of nitrogens with zero attached hydrogens (tertiary/aromatic N) is 2. The standard InChI is InChI=1S/C16H19N3O/c1-16(2)10-19(14-8-15(20)18-11-17-14)9-13(16)12-6-4-3-5-7-12/h3-8,11,13H,9-10H2,1-2H3,(H,17,18,20)/t13-/m1/s1. The molecule has 1 N–H and O–H groups in total. The molecule has 1 saturated heterocycles. The second-order valence-electron chi connectivity index (χ2n) is 6.10. The van der Waals surface area contributed by atoms with Crippen LogP contribution in [0.25, 0.3) is 0 Å². The molecule has 2 aromatic rings. The van der Waals surface area contributed by atoms with Crippen molar-refractivity contribution in [1.29, 1.82) is 0 Å². The maximum atomic E-state index is 11.4. The van der Waals surface area contributed by atoms with E-state index in [1.165, 1.54) is 11.9 Å². The van der Waals surface area contributed by atoms with E-state index in [0.717, 1.165) is 18.9 Å². The molecular formula is C16H19N3O. The van der Waals surface area contributed by atoms with E-state index in [2.05, 4.69) is 53.0 Å². The minimum absolute atomic E-state index is 0.101. The molecule has 4 nitrogen and oxygen atoms in total. The third-order valence-corrected chi connectivity index (χ3v) is 4.13. The molecule has 0 radical (unpaired) electrons. The van der Waals surface area contributed by atoms with Crippen LogP contribution in [0.1, 0.15) is 25.3 Å². The summed E-state index contributed by atoms with van der Waals surface area (Å²) >= 11 is 0. The van der Waals surface area contributed by atoms with Gasteiger partial charge in [-0.05, 0) is 11.0 Å². The highest BCUT2D eigenvalue weighted by molar-refractivity contribution is 5.42. The Morgan fingerprint density at radius 3 is 2.75 bits per heavy atom. The molecule has 4 heteroatoms. The molecule has 0 aliphatic carbocycles. The summed E-state index contributed by atoms with van der Waals surface area (Å²) in [7, 11) is 0. The maximum absolute atomic E-state index is 11.4. The van der Waals surface area contributed by atoms with Crippen molar-refractivity contribution in [2.45, 2.75) is 19.8 Å². The van der Waals surface area contributed by atoms with Gasteiger partial charge in [0.25, 0.3) is 5.56 Å². The van der Waals surface area contributed by atoms with Crippen molar-refractivity contribution in [3.05, 3.63) is 58.6 Å². The molecule has 1 aliphatic rings. The van der Waals surface area contributed by atoms with Crippen LogP contribution in [0, 0.1) is 5.41 Å². The van der Waals surface area contributed by atoms with E-state index < -0.39 is 0 Å². The molecule has 0 bridgehead atoms. The summed E-state index contributed by atoms with van der Waals surface area (Å²) in [5.41, 5.74) is 1.41. The second-order valence-corrected chi connectivity index (χ2v) is 6.10. The van der Waals surface area contributed by atoms with Crippen molar-refractivity contribution in [2.75, 3.05) is 18.0 Å². The molecule has 0 spiro atoms. The van der Waals surface area contributed by atoms with E-state index in [1.807, 2.05) is 6.07 Å². The summed E-state index contributed by atoms with van der Waals surface area (Å²) in [5, 5.41) is 0. The van der Waals surface area contributed by atoms with Crippen molar-refractivity contribution in [3.8, 4) is 0 Å². The monoisotopic (exact) mass is 269 g/mol. The molecule has 1 atom stereocenters. The summed E-state index contributed by atoms with van der Waals surface area (Å²) < 4.78 is 0. The van der Waals surface area contributed by atoms with Gasteiger partial charge in [0.2, 0.25) is 0 Å². The van der Waals surface area contributed by atoms with Crippen LogP contribution in [0.5, 0.6) is 0 Å². The molecular weight excluding hydrogens is 250 g/mol. The molecule has 1 aromatic heterocycles. The minimum atomic E-state index is -0.101. The maximum Gasteiger partial charge on any atom is 0.252 e. The lowest BCUT2D eigenvalue weighted by atomic mass is 9.78. The normalized spacial score (nSPS) is 21.1. The molecule has 1 aliphatic heterocycles. The van der Waals surface area contributed by atoms with Crippen LogP contribution >= 0.6 is 0 Å². The van der Waals surface area contributed by atoms with E-state index >= 15 is 0 Å². The Morgan fingerprint density at radius 1 is 1.30 bits per heavy atom. The molecule has 0 unspecified atom stereocenters. The number of rotatable bonds is 2. The highest BCUT2D eigenvalue weighted by Crippen LogP contribution is 2.43. The van der Waals surface area contributed by atoms with Gasteiger partial charge in [0.1, 0.15) is 5.82 Å². The Kier molecular flexibility index (Phi) is 3.08. The predicted octanol–water partition coefficient (Wildman–Crippen LogP) is 2.40. The van der Waals surface area contributed by atoms with Gasteiger partial charge in [-0.15, -0.1) is 0 Å². The van der Waals surface area contributed by atoms with E-state index in [1.54, 1.807) is 6.07 Å². The molecule has 0 amide bonds. The Balaban J connectivity index is 1.91. The smallest absolute Gasteiger partial charge is 0.252 e. The summed E-state index contributed by atoms with van der Waals surface area (Å²) in [4.78, 5) is 20.5. The van der Waals surface area contributed by atoms with Crippen LogP contribution in [0.2, 0.25) is 0 Å². The molecule has 104 valence electrons. The third-order valence-electron chi connectivity index (χ3n) is 4.13. The molecule has 1 fully saturated rings. The van der Waals surface area contributed by atoms with Gasteiger partial charge in [0, 0.05) is 25.1 Å². The first-order chi connectivity index (χ1) is 9.56. The van der Waals surface area contributed by atoms with Crippen LogP contribution in [-0.2, 0) is 0 Å². The first-order valence-corrected chi connectivity index (χ1v) is 6.91. The Morgan fingerprint density at radius 2 is 2.05 bits per heavy atom. The van der Waals surface area contributed by atoms with Crippen LogP contribution in [0.3, 0.4) is 0 Å². The van der Waals surface area contributed by atoms with Gasteiger partial charge in [-0.1, -0.05) is 44.2 Å². The van der Waals surface area contributed by atoms with Crippen LogP contribution < -0.4 is 10.5 Å². The Hall–Kier alpha value is -2.10. The molecule has 2 heterocycles. The summed E-state index contributed by atoms with van der Waals surface area (Å²) in [6, 6.07) is 12.1. The number of H-pyrrole nitrogens is 1. The lowest BCUT2D eigenvalue weighted by molar-refractivity contribution is 0.365. The topological polar surface area (TPSA) is 49.0 Å². The lowest BCUT2D eigenvalue weighted by Gasteiger charge is -2.25. The fourth-order valence-corrected chi connectivity index (χ4v) is 3.08. The Bertz CT molecular complexity index is 648. The van der Waals surface area contributed by atoms with Crippen molar-refractivity contribution < 1.29 is 0 Å². The number of nitrogens with one attached hydrogen (secondary N) is 1. The van der Waals surface area contributed by atoms with Gasteiger partial charge in [0.15, 0.2) is 0 Å². The number of aromatic nitrogens is 2. The first kappa shape index (κ1) is 12.9. The van der Waals surface area contributed by atoms with Crippen LogP contribution in [0.15, 0.2) is 47.5 Å². The highest BCUT2D eigenvalue weighted by atomic mass is 16.1. The number of hydrogen-bond acceptors (Lipinski definition) is 3. The van der Waals surface area contributed by atoms with Crippen molar-refractivity contribution >= 4 is 5.82 Å². The molecule has 3 rings (SSSR count). The Labute approximate surface area is 118 Å². The molecule has 1 aromatic carbocycles. The van der Waals surface area contributed by atoms with Crippen LogP contribution in [-0.4, -0.2) is 23.1 Å². The molecule has 0 saturated carbocycles. The largest absolute Gasteiger partial charge is 0.355 e. The van der Waals surface area contributed by atoms with E-state index in [-0.39, 0.29) is 11.0 Å². The summed E-state index contributed by atoms with van der Waals surface area (Å²) in [5.74, 6) is 1.21. The average molecular weight is 269 g/mol. The van der Waals surface area contributed by atoms with Crippen molar-refractivity contribution in [2.24, 2.45) is 5.41 Å². The minimum Gasteiger partial charge on any atom is -0.355 e. The zero-order chi connectivity index (χ0) is 14.2. The zero-order valence-corrected chi connectivity index (χ0v) is 11.8. The second kappa shape index (κ2) is 4.78. The van der Waals surface area contributed by atoms with Gasteiger partial charge in [-0.3, -0.25) is 4.79 Å². The predicted molar refractivity (Wildman–Crippen MR) is 80.0 cm³/mol. The highest BCUT2D eigenvalue weighted by Gasteiger charge is 2.40. The van der Waals surface area contributed by atoms with E-state index in [9.17, 15) is 4.79 Å². The van der Waals surface area contributed by atoms with Gasteiger partial charge in [0.05, 0.1) is 6.33 Å². The van der Waals surface area contributed by atoms with Crippen LogP contribution in [0.4, 0.5) is 5.82 Å². The summed E-state index contributed by atoms with van der Waals surface area (Å²) in [6.45, 7) is 6.35. The van der Waals surface area contributed by atoms with Gasteiger partial charge in [-0.2, -0.15) is 0 Å². The fraction of sp³-hybridized carbons (Fsp3) is 0.375. The zero-order valence-electron chi connectivity index (χ0n) is 11.8. The average Bonchev–Trinajstić information content (AvgIpc) is 2.76. The van der Waals surface area contributed by atoms with Crippen molar-refractivity contribution in [3.63, 3.8) is 0 Å². The lowest BCUT2D eigenvalue weighted by Crippen LogP contribution is -2.25. The van der Waals surface area contributed by atoms with Gasteiger partial charge in [-0.25, -0.2) is 4.98 Å². The summed E-state index contributed by atoms with van der Waals surface area (Å²) in [6.07, 6.45) is 1.47. The number of anilines is 1. The quantitative estimate of drug-likeness (QED) is 0.910. The first-order valence-electron chi connectivity index (χ1n) is 6.91. The SMILES string of the molecule is CC1(C)CN(c2cc(=O)[nH]cn2)C[C@@H]1c1ccccc1. The van der Waals surface area contributed by atoms with Gasteiger partial charge >= 0.3 is 0 Å². The third kappa shape index (κ3) is 2.33. The van der Waals surface area contributed by atoms with Gasteiger partial charge < -0.3 is 9.88 Å². The number of hydrogen-bond donors (Lipinski definition) is 1. The number of benzene rings is 1. The fourth-order valence-electron chi connectivity index (χ4n) is 3.08. The number of aromatic amines is 1.